The van der Waals surface area contributed by atoms with Crippen LogP contribution in [-0.4, -0.2) is 27.6 Å². The van der Waals surface area contributed by atoms with E-state index in [0.717, 1.165) is 0 Å². The molecule has 1 unspecified atom stereocenters. The first-order valence-corrected chi connectivity index (χ1v) is 6.94. The molecule has 0 aliphatic carbocycles. The smallest absolute Gasteiger partial charge is 0.326 e. The topological polar surface area (TPSA) is 88.4 Å². The Labute approximate surface area is 123 Å². The fourth-order valence-corrected chi connectivity index (χ4v) is 2.29. The third-order valence-corrected chi connectivity index (χ3v) is 3.44. The Morgan fingerprint density at radius 1 is 1.38 bits per heavy atom. The minimum atomic E-state index is -1.16. The highest BCUT2D eigenvalue weighted by Gasteiger charge is 2.34. The molecule has 2 N–H and O–H groups in total. The van der Waals surface area contributed by atoms with Gasteiger partial charge in [0, 0.05) is 11.8 Å². The van der Waals surface area contributed by atoms with Crippen LogP contribution < -0.4 is 10.9 Å². The Balaban J connectivity index is 3.09. The summed E-state index contributed by atoms with van der Waals surface area (Å²) in [7, 11) is 0. The van der Waals surface area contributed by atoms with Gasteiger partial charge in [-0.05, 0) is 33.3 Å². The summed E-state index contributed by atoms with van der Waals surface area (Å²) in [5.74, 6) is -1.56. The number of nitrogens with zero attached hydrogens (tertiary/aromatic N) is 1. The molecule has 0 fully saturated rings. The number of carbonyl (C=O) groups excluding carboxylic acids is 1. The first-order valence-electron chi connectivity index (χ1n) is 6.94. The van der Waals surface area contributed by atoms with Crippen molar-refractivity contribution in [2.75, 3.05) is 0 Å². The van der Waals surface area contributed by atoms with Gasteiger partial charge in [-0.2, -0.15) is 0 Å². The number of carboxylic acid groups (broad SMARTS) is 1. The maximum absolute atomic E-state index is 12.4. The van der Waals surface area contributed by atoms with Gasteiger partial charge in [0.15, 0.2) is 0 Å². The number of aryl methyl sites for hydroxylation is 1. The van der Waals surface area contributed by atoms with Crippen LogP contribution in [0.15, 0.2) is 23.0 Å². The Morgan fingerprint density at radius 3 is 2.48 bits per heavy atom. The zero-order valence-electron chi connectivity index (χ0n) is 12.8. The van der Waals surface area contributed by atoms with Gasteiger partial charge in [-0.3, -0.25) is 14.2 Å². The lowest BCUT2D eigenvalue weighted by Gasteiger charge is -2.29. The minimum Gasteiger partial charge on any atom is -0.480 e. The summed E-state index contributed by atoms with van der Waals surface area (Å²) in [6.45, 7) is 6.78. The van der Waals surface area contributed by atoms with Gasteiger partial charge in [0.1, 0.15) is 11.6 Å². The Bertz CT molecular complexity index is 590. The number of rotatable bonds is 6. The maximum atomic E-state index is 12.4. The van der Waals surface area contributed by atoms with Crippen molar-refractivity contribution in [3.05, 3.63) is 34.2 Å². The molecular weight excluding hydrogens is 272 g/mol. The average Bonchev–Trinajstić information content (AvgIpc) is 2.37. The van der Waals surface area contributed by atoms with Gasteiger partial charge in [-0.1, -0.05) is 19.4 Å². The number of amides is 1. The van der Waals surface area contributed by atoms with Crippen molar-refractivity contribution in [2.24, 2.45) is 0 Å². The minimum absolute atomic E-state index is 0.294. The number of carbonyl (C=O) groups is 2. The molecule has 1 atom stereocenters. The molecule has 116 valence electrons. The maximum Gasteiger partial charge on any atom is 0.326 e. The SMILES string of the molecule is CCCC(NC(=O)C(C)(C)n1c(C)cccc1=O)C(=O)O. The Morgan fingerprint density at radius 2 is 2.00 bits per heavy atom. The van der Waals surface area contributed by atoms with Crippen LogP contribution in [0, 0.1) is 6.92 Å². The van der Waals surface area contributed by atoms with Crippen LogP contribution in [0.5, 0.6) is 0 Å². The number of pyridine rings is 1. The zero-order valence-corrected chi connectivity index (χ0v) is 12.8. The summed E-state index contributed by atoms with van der Waals surface area (Å²) in [4.78, 5) is 35.6. The second-order valence-electron chi connectivity index (χ2n) is 5.55. The largest absolute Gasteiger partial charge is 0.480 e. The van der Waals surface area contributed by atoms with E-state index in [0.29, 0.717) is 18.5 Å². The van der Waals surface area contributed by atoms with E-state index in [1.54, 1.807) is 32.9 Å². The lowest BCUT2D eigenvalue weighted by atomic mass is 10.0. The molecule has 0 aliphatic heterocycles. The van der Waals surface area contributed by atoms with Crippen molar-refractivity contribution in [1.29, 1.82) is 0 Å². The number of carboxylic acids is 1. The fraction of sp³-hybridized carbons (Fsp3) is 0.533. The molecule has 0 spiro atoms. The zero-order chi connectivity index (χ0) is 16.2. The normalized spacial score (nSPS) is 12.8. The van der Waals surface area contributed by atoms with Crippen molar-refractivity contribution in [1.82, 2.24) is 9.88 Å². The summed E-state index contributed by atoms with van der Waals surface area (Å²) in [6, 6.07) is 3.79. The third-order valence-electron chi connectivity index (χ3n) is 3.44. The first kappa shape index (κ1) is 16.9. The highest BCUT2D eigenvalue weighted by atomic mass is 16.4. The molecule has 0 saturated carbocycles. The predicted molar refractivity (Wildman–Crippen MR) is 79.2 cm³/mol. The average molecular weight is 294 g/mol. The molecular formula is C15H22N2O4. The van der Waals surface area contributed by atoms with Gasteiger partial charge >= 0.3 is 5.97 Å². The van der Waals surface area contributed by atoms with Gasteiger partial charge < -0.3 is 10.4 Å². The van der Waals surface area contributed by atoms with Crippen molar-refractivity contribution >= 4 is 11.9 Å². The van der Waals surface area contributed by atoms with E-state index in [1.165, 1.54) is 10.6 Å². The molecule has 21 heavy (non-hydrogen) atoms. The fourth-order valence-electron chi connectivity index (χ4n) is 2.29. The number of nitrogens with one attached hydrogen (secondary N) is 1. The Hall–Kier alpha value is -2.11. The summed E-state index contributed by atoms with van der Waals surface area (Å²) in [6.07, 6.45) is 0.988. The van der Waals surface area contributed by atoms with E-state index in [-0.39, 0.29) is 5.56 Å². The summed E-state index contributed by atoms with van der Waals surface area (Å²) in [5, 5.41) is 11.6. The van der Waals surface area contributed by atoms with Crippen LogP contribution in [0.3, 0.4) is 0 Å². The van der Waals surface area contributed by atoms with Crippen LogP contribution in [-0.2, 0) is 15.1 Å². The highest BCUT2D eigenvalue weighted by molar-refractivity contribution is 5.88. The second kappa shape index (κ2) is 6.56. The van der Waals surface area contributed by atoms with Crippen LogP contribution in [0.4, 0.5) is 0 Å². The van der Waals surface area contributed by atoms with Crippen LogP contribution >= 0.6 is 0 Å². The molecule has 6 heteroatoms. The number of aromatic nitrogens is 1. The number of hydrogen-bond acceptors (Lipinski definition) is 3. The van der Waals surface area contributed by atoms with E-state index in [9.17, 15) is 14.4 Å². The van der Waals surface area contributed by atoms with Crippen LogP contribution in [0.2, 0.25) is 0 Å². The molecule has 1 amide bonds. The number of hydrogen-bond donors (Lipinski definition) is 2. The van der Waals surface area contributed by atoms with E-state index in [2.05, 4.69) is 5.32 Å². The highest BCUT2D eigenvalue weighted by Crippen LogP contribution is 2.16. The van der Waals surface area contributed by atoms with Crippen molar-refractivity contribution in [3.63, 3.8) is 0 Å². The molecule has 0 radical (unpaired) electrons. The van der Waals surface area contributed by atoms with E-state index >= 15 is 0 Å². The van der Waals surface area contributed by atoms with Gasteiger partial charge in [0.25, 0.3) is 5.56 Å². The van der Waals surface area contributed by atoms with E-state index in [1.807, 2.05) is 6.92 Å². The standard InChI is InChI=1S/C15H22N2O4/c1-5-7-11(13(19)20)16-14(21)15(3,4)17-10(2)8-6-9-12(17)18/h6,8-9,11H,5,7H2,1-4H3,(H,16,21)(H,19,20). The quantitative estimate of drug-likeness (QED) is 0.826. The van der Waals surface area contributed by atoms with Crippen molar-refractivity contribution in [3.8, 4) is 0 Å². The van der Waals surface area contributed by atoms with Gasteiger partial charge in [-0.15, -0.1) is 0 Å². The van der Waals surface area contributed by atoms with E-state index < -0.39 is 23.5 Å². The lowest BCUT2D eigenvalue weighted by Crippen LogP contribution is -2.53. The van der Waals surface area contributed by atoms with Gasteiger partial charge in [-0.25, -0.2) is 4.79 Å². The number of aliphatic carboxylic acids is 1. The monoisotopic (exact) mass is 294 g/mol. The molecule has 0 aromatic carbocycles. The molecule has 1 aromatic rings. The summed E-state index contributed by atoms with van der Waals surface area (Å²) < 4.78 is 1.37. The molecule has 6 nitrogen and oxygen atoms in total. The van der Waals surface area contributed by atoms with Gasteiger partial charge in [0.05, 0.1) is 0 Å². The van der Waals surface area contributed by atoms with Crippen molar-refractivity contribution < 1.29 is 14.7 Å². The lowest BCUT2D eigenvalue weighted by molar-refractivity contribution is -0.143. The van der Waals surface area contributed by atoms with Crippen LogP contribution in [0.1, 0.15) is 39.3 Å². The van der Waals surface area contributed by atoms with E-state index in [4.69, 9.17) is 5.11 Å². The molecule has 0 saturated heterocycles. The molecule has 1 heterocycles. The molecule has 0 aliphatic rings. The summed E-state index contributed by atoms with van der Waals surface area (Å²) >= 11 is 0. The van der Waals surface area contributed by atoms with Crippen LogP contribution in [0.25, 0.3) is 0 Å². The molecule has 0 bridgehead atoms. The summed E-state index contributed by atoms with van der Waals surface area (Å²) in [5.41, 5.74) is -0.813. The molecule has 1 rings (SSSR count). The van der Waals surface area contributed by atoms with Crippen molar-refractivity contribution in [2.45, 2.75) is 52.1 Å². The first-order chi connectivity index (χ1) is 9.71. The Kier molecular flexibility index (Phi) is 5.29. The predicted octanol–water partition coefficient (Wildman–Crippen LogP) is 1.26. The van der Waals surface area contributed by atoms with Gasteiger partial charge in [0.2, 0.25) is 5.91 Å². The second-order valence-corrected chi connectivity index (χ2v) is 5.55. The third kappa shape index (κ3) is 3.71. The molecule has 1 aromatic heterocycles.